The highest BCUT2D eigenvalue weighted by molar-refractivity contribution is 7.89. The Balaban J connectivity index is 1.78. The molecule has 9 heteroatoms. The Kier molecular flexibility index (Phi) is 4.83. The largest absolute Gasteiger partial charge is 0.377 e. The maximum atomic E-state index is 12.7. The quantitative estimate of drug-likeness (QED) is 0.522. The molecule has 0 aliphatic heterocycles. The van der Waals surface area contributed by atoms with E-state index in [2.05, 4.69) is 15.5 Å². The van der Waals surface area contributed by atoms with Gasteiger partial charge in [-0.15, -0.1) is 10.2 Å². The maximum Gasteiger partial charge on any atom is 0.262 e. The second-order valence-electron chi connectivity index (χ2n) is 6.90. The number of hydrogen-bond donors (Lipinski definition) is 1. The highest BCUT2D eigenvalue weighted by Crippen LogP contribution is 2.20. The predicted molar refractivity (Wildman–Crippen MR) is 113 cm³/mol. The first-order valence-corrected chi connectivity index (χ1v) is 11.3. The second-order valence-corrected chi connectivity index (χ2v) is 9.04. The summed E-state index contributed by atoms with van der Waals surface area (Å²) in [7, 11) is -3.16. The summed E-state index contributed by atoms with van der Waals surface area (Å²) >= 11 is 0. The Hall–Kier alpha value is -3.20. The molecular weight excluding hydrogens is 390 g/mol. The van der Waals surface area contributed by atoms with Gasteiger partial charge in [0, 0.05) is 18.5 Å². The Labute approximate surface area is 167 Å². The lowest BCUT2D eigenvalue weighted by Gasteiger charge is -2.12. The zero-order valence-electron chi connectivity index (χ0n) is 16.2. The van der Waals surface area contributed by atoms with E-state index in [0.717, 1.165) is 11.2 Å². The second kappa shape index (κ2) is 7.32. The topological polar surface area (TPSA) is 98.4 Å². The van der Waals surface area contributed by atoms with E-state index in [0.29, 0.717) is 35.6 Å². The number of anilines is 1. The van der Waals surface area contributed by atoms with E-state index in [1.54, 1.807) is 16.7 Å². The molecule has 2 heterocycles. The molecule has 0 aliphatic carbocycles. The van der Waals surface area contributed by atoms with Gasteiger partial charge in [0.15, 0.2) is 15.7 Å². The standard InChI is InChI=1S/C20H21N5O3S/c1-3-24-19(26)15-9-5-7-11-17(15)25-18(22-23-20(24)25)12-21-16-10-6-4-8-14(16)13-29(2,27)28/h4-11,21H,3,12-13H2,1-2H3. The van der Waals surface area contributed by atoms with Gasteiger partial charge in [0.25, 0.3) is 5.56 Å². The van der Waals surface area contributed by atoms with E-state index in [1.807, 2.05) is 47.7 Å². The van der Waals surface area contributed by atoms with Crippen LogP contribution in [0.5, 0.6) is 0 Å². The molecule has 0 spiro atoms. The fourth-order valence-corrected chi connectivity index (χ4v) is 4.31. The van der Waals surface area contributed by atoms with Crippen molar-refractivity contribution in [3.8, 4) is 0 Å². The SMILES string of the molecule is CCn1c(=O)c2ccccc2n2c(CNc3ccccc3CS(C)(=O)=O)nnc12. The molecule has 8 nitrogen and oxygen atoms in total. The first kappa shape index (κ1) is 19.1. The minimum Gasteiger partial charge on any atom is -0.377 e. The van der Waals surface area contributed by atoms with Gasteiger partial charge in [-0.1, -0.05) is 30.3 Å². The van der Waals surface area contributed by atoms with Gasteiger partial charge in [0.1, 0.15) is 0 Å². The Morgan fingerprint density at radius 2 is 1.76 bits per heavy atom. The summed E-state index contributed by atoms with van der Waals surface area (Å²) in [5, 5.41) is 12.4. The van der Waals surface area contributed by atoms with Crippen molar-refractivity contribution in [2.75, 3.05) is 11.6 Å². The number of fused-ring (bicyclic) bond motifs is 3. The molecule has 0 saturated heterocycles. The lowest BCUT2D eigenvalue weighted by Crippen LogP contribution is -2.23. The normalized spacial score (nSPS) is 11.9. The summed E-state index contributed by atoms with van der Waals surface area (Å²) in [6, 6.07) is 14.6. The molecule has 29 heavy (non-hydrogen) atoms. The molecule has 0 radical (unpaired) electrons. The fourth-order valence-electron chi connectivity index (χ4n) is 3.49. The van der Waals surface area contributed by atoms with E-state index in [1.165, 1.54) is 6.26 Å². The first-order chi connectivity index (χ1) is 13.9. The molecule has 0 amide bonds. The molecule has 150 valence electrons. The van der Waals surface area contributed by atoms with Gasteiger partial charge in [-0.2, -0.15) is 0 Å². The third-order valence-corrected chi connectivity index (χ3v) is 5.60. The van der Waals surface area contributed by atoms with Gasteiger partial charge >= 0.3 is 0 Å². The average Bonchev–Trinajstić information content (AvgIpc) is 3.10. The zero-order chi connectivity index (χ0) is 20.6. The van der Waals surface area contributed by atoms with Crippen molar-refractivity contribution in [1.82, 2.24) is 19.2 Å². The molecule has 2 aromatic heterocycles. The van der Waals surface area contributed by atoms with E-state index >= 15 is 0 Å². The van der Waals surface area contributed by atoms with Crippen LogP contribution in [-0.2, 0) is 28.7 Å². The van der Waals surface area contributed by atoms with Crippen LogP contribution >= 0.6 is 0 Å². The van der Waals surface area contributed by atoms with Crippen LogP contribution in [-0.4, -0.2) is 33.8 Å². The highest BCUT2D eigenvalue weighted by atomic mass is 32.2. The van der Waals surface area contributed by atoms with Crippen molar-refractivity contribution in [2.24, 2.45) is 0 Å². The van der Waals surface area contributed by atoms with Gasteiger partial charge < -0.3 is 5.32 Å². The van der Waals surface area contributed by atoms with Crippen molar-refractivity contribution in [2.45, 2.75) is 25.8 Å². The predicted octanol–water partition coefficient (Wildman–Crippen LogP) is 2.22. The fraction of sp³-hybridized carbons (Fsp3) is 0.250. The number of aromatic nitrogens is 4. The van der Waals surface area contributed by atoms with E-state index < -0.39 is 9.84 Å². The number of rotatable bonds is 6. The highest BCUT2D eigenvalue weighted by Gasteiger charge is 2.16. The van der Waals surface area contributed by atoms with E-state index in [-0.39, 0.29) is 11.3 Å². The lowest BCUT2D eigenvalue weighted by molar-refractivity contribution is 0.601. The van der Waals surface area contributed by atoms with Crippen LogP contribution in [0.4, 0.5) is 5.69 Å². The lowest BCUT2D eigenvalue weighted by atomic mass is 10.2. The number of nitrogens with zero attached hydrogens (tertiary/aromatic N) is 4. The third-order valence-electron chi connectivity index (χ3n) is 4.76. The zero-order valence-corrected chi connectivity index (χ0v) is 17.0. The van der Waals surface area contributed by atoms with Gasteiger partial charge in [-0.3, -0.25) is 13.8 Å². The molecule has 0 unspecified atom stereocenters. The molecule has 0 aliphatic rings. The van der Waals surface area contributed by atoms with Crippen molar-refractivity contribution < 1.29 is 8.42 Å². The Bertz CT molecular complexity index is 1370. The molecule has 0 fully saturated rings. The molecule has 2 aromatic carbocycles. The van der Waals surface area contributed by atoms with Gasteiger partial charge in [-0.05, 0) is 30.7 Å². The van der Waals surface area contributed by atoms with Crippen molar-refractivity contribution >= 4 is 32.2 Å². The minimum absolute atomic E-state index is 0.0466. The molecule has 4 aromatic rings. The summed E-state index contributed by atoms with van der Waals surface area (Å²) < 4.78 is 26.9. The van der Waals surface area contributed by atoms with Crippen molar-refractivity contribution in [3.05, 3.63) is 70.3 Å². The van der Waals surface area contributed by atoms with E-state index in [9.17, 15) is 13.2 Å². The van der Waals surface area contributed by atoms with Crippen LogP contribution in [0.1, 0.15) is 18.3 Å². The number of sulfone groups is 1. The Morgan fingerprint density at radius 3 is 2.52 bits per heavy atom. The molecule has 0 bridgehead atoms. The Morgan fingerprint density at radius 1 is 1.03 bits per heavy atom. The summed E-state index contributed by atoms with van der Waals surface area (Å²) in [5.41, 5.74) is 2.06. The summed E-state index contributed by atoms with van der Waals surface area (Å²) in [6.45, 7) is 2.70. The first-order valence-electron chi connectivity index (χ1n) is 9.24. The summed E-state index contributed by atoms with van der Waals surface area (Å²) in [4.78, 5) is 12.7. The van der Waals surface area contributed by atoms with E-state index in [4.69, 9.17) is 0 Å². The van der Waals surface area contributed by atoms with Crippen LogP contribution in [0.3, 0.4) is 0 Å². The molecule has 4 rings (SSSR count). The van der Waals surface area contributed by atoms with Crippen LogP contribution < -0.4 is 10.9 Å². The number of benzene rings is 2. The minimum atomic E-state index is -3.16. The number of hydrogen-bond acceptors (Lipinski definition) is 6. The van der Waals surface area contributed by atoms with Crippen molar-refractivity contribution in [1.29, 1.82) is 0 Å². The third kappa shape index (κ3) is 3.61. The van der Waals surface area contributed by atoms with Gasteiger partial charge in [0.05, 0.1) is 23.2 Å². The molecular formula is C20H21N5O3S. The van der Waals surface area contributed by atoms with Crippen LogP contribution in [0.2, 0.25) is 0 Å². The van der Waals surface area contributed by atoms with Crippen LogP contribution in [0, 0.1) is 0 Å². The molecule has 1 N–H and O–H groups in total. The summed E-state index contributed by atoms with van der Waals surface area (Å²) in [5.74, 6) is 1.07. The summed E-state index contributed by atoms with van der Waals surface area (Å²) in [6.07, 6.45) is 1.21. The smallest absolute Gasteiger partial charge is 0.262 e. The van der Waals surface area contributed by atoms with Gasteiger partial charge in [-0.25, -0.2) is 8.42 Å². The molecule has 0 saturated carbocycles. The van der Waals surface area contributed by atoms with Gasteiger partial charge in [0.2, 0.25) is 5.78 Å². The molecule has 0 atom stereocenters. The van der Waals surface area contributed by atoms with Crippen LogP contribution in [0.25, 0.3) is 16.7 Å². The van der Waals surface area contributed by atoms with Crippen LogP contribution in [0.15, 0.2) is 53.3 Å². The number of aryl methyl sites for hydroxylation is 1. The number of nitrogens with one attached hydrogen (secondary N) is 1. The van der Waals surface area contributed by atoms with Crippen molar-refractivity contribution in [3.63, 3.8) is 0 Å². The number of para-hydroxylation sites is 2. The monoisotopic (exact) mass is 411 g/mol. The average molecular weight is 411 g/mol. The maximum absolute atomic E-state index is 12.7.